The van der Waals surface area contributed by atoms with Crippen LogP contribution in [0.2, 0.25) is 0 Å². The molecule has 0 aliphatic carbocycles. The van der Waals surface area contributed by atoms with Gasteiger partial charge < -0.3 is 16.0 Å². The number of carbonyl (C=O) groups excluding carboxylic acids is 2. The van der Waals surface area contributed by atoms with E-state index in [1.807, 2.05) is 31.2 Å². The van der Waals surface area contributed by atoms with Gasteiger partial charge in [-0.25, -0.2) is 0 Å². The van der Waals surface area contributed by atoms with Crippen molar-refractivity contribution in [2.45, 2.75) is 51.6 Å². The minimum atomic E-state index is -0.116. The van der Waals surface area contributed by atoms with Gasteiger partial charge in [-0.2, -0.15) is 0 Å². The van der Waals surface area contributed by atoms with Crippen molar-refractivity contribution in [2.75, 3.05) is 13.1 Å². The van der Waals surface area contributed by atoms with Gasteiger partial charge in [-0.3, -0.25) is 9.59 Å². The van der Waals surface area contributed by atoms with E-state index in [4.69, 9.17) is 0 Å². The Morgan fingerprint density at radius 3 is 2.58 bits per heavy atom. The summed E-state index contributed by atoms with van der Waals surface area (Å²) < 4.78 is 0. The van der Waals surface area contributed by atoms with Gasteiger partial charge >= 0.3 is 0 Å². The Kier molecular flexibility index (Phi) is 8.79. The molecule has 1 saturated heterocycles. The van der Waals surface area contributed by atoms with E-state index in [2.05, 4.69) is 22.9 Å². The van der Waals surface area contributed by atoms with Gasteiger partial charge in [0.2, 0.25) is 11.8 Å². The number of nitrogens with one attached hydrogen (secondary N) is 3. The highest BCUT2D eigenvalue weighted by Gasteiger charge is 2.22. The van der Waals surface area contributed by atoms with Gasteiger partial charge in [-0.05, 0) is 45.2 Å². The molecule has 2 atom stereocenters. The molecule has 1 aromatic rings. The average molecular weight is 354 g/mol. The summed E-state index contributed by atoms with van der Waals surface area (Å²) in [5.74, 6) is -0.204. The predicted octanol–water partition coefficient (Wildman–Crippen LogP) is 1.72. The summed E-state index contributed by atoms with van der Waals surface area (Å²) in [5.41, 5.74) is 2.35. The number of aryl methyl sites for hydroxylation is 2. The second-order valence-corrected chi connectivity index (χ2v) is 6.32. The Morgan fingerprint density at radius 1 is 1.21 bits per heavy atom. The second kappa shape index (κ2) is 10.3. The summed E-state index contributed by atoms with van der Waals surface area (Å²) in [6, 6.07) is 8.59. The SMILES string of the molecule is Cc1ccc(CCC(=O)NCC(=O)NC2CCCNC2C)cc1.Cl. The smallest absolute Gasteiger partial charge is 0.239 e. The van der Waals surface area contributed by atoms with Crippen molar-refractivity contribution >= 4 is 24.2 Å². The molecule has 0 radical (unpaired) electrons. The lowest BCUT2D eigenvalue weighted by atomic mass is 10.00. The molecule has 2 rings (SSSR count). The van der Waals surface area contributed by atoms with Crippen molar-refractivity contribution in [2.24, 2.45) is 0 Å². The van der Waals surface area contributed by atoms with Crippen LogP contribution in [0.5, 0.6) is 0 Å². The molecule has 0 saturated carbocycles. The summed E-state index contributed by atoms with van der Waals surface area (Å²) in [5, 5.41) is 9.03. The molecule has 0 spiro atoms. The Bertz CT molecular complexity index is 534. The van der Waals surface area contributed by atoms with Crippen molar-refractivity contribution in [3.8, 4) is 0 Å². The van der Waals surface area contributed by atoms with Crippen LogP contribution in [0.25, 0.3) is 0 Å². The Labute approximate surface area is 150 Å². The van der Waals surface area contributed by atoms with E-state index in [-0.39, 0.29) is 42.8 Å². The van der Waals surface area contributed by atoms with E-state index in [0.29, 0.717) is 12.8 Å². The van der Waals surface area contributed by atoms with E-state index in [0.717, 1.165) is 24.9 Å². The van der Waals surface area contributed by atoms with Crippen molar-refractivity contribution in [1.82, 2.24) is 16.0 Å². The number of carbonyl (C=O) groups is 2. The summed E-state index contributed by atoms with van der Waals surface area (Å²) in [4.78, 5) is 23.8. The minimum Gasteiger partial charge on any atom is -0.350 e. The molecule has 24 heavy (non-hydrogen) atoms. The molecular formula is C18H28ClN3O2. The van der Waals surface area contributed by atoms with Crippen LogP contribution in [-0.4, -0.2) is 37.0 Å². The van der Waals surface area contributed by atoms with Gasteiger partial charge in [0.05, 0.1) is 6.54 Å². The Hall–Kier alpha value is -1.59. The third kappa shape index (κ3) is 6.89. The predicted molar refractivity (Wildman–Crippen MR) is 98.4 cm³/mol. The fraction of sp³-hybridized carbons (Fsp3) is 0.556. The molecule has 1 fully saturated rings. The van der Waals surface area contributed by atoms with Crippen molar-refractivity contribution in [3.63, 3.8) is 0 Å². The van der Waals surface area contributed by atoms with Crippen molar-refractivity contribution in [1.29, 1.82) is 0 Å². The largest absolute Gasteiger partial charge is 0.350 e. The van der Waals surface area contributed by atoms with Crippen molar-refractivity contribution < 1.29 is 9.59 Å². The maximum absolute atomic E-state index is 11.9. The molecule has 3 N–H and O–H groups in total. The number of rotatable bonds is 6. The number of piperidine rings is 1. The highest BCUT2D eigenvalue weighted by Crippen LogP contribution is 2.08. The monoisotopic (exact) mass is 353 g/mol. The van der Waals surface area contributed by atoms with Crippen LogP contribution in [0.1, 0.15) is 37.3 Å². The fourth-order valence-corrected chi connectivity index (χ4v) is 2.78. The molecule has 1 aliphatic heterocycles. The van der Waals surface area contributed by atoms with Gasteiger partial charge in [0.1, 0.15) is 0 Å². The van der Waals surface area contributed by atoms with Crippen molar-refractivity contribution in [3.05, 3.63) is 35.4 Å². The van der Waals surface area contributed by atoms with Gasteiger partial charge in [0.15, 0.2) is 0 Å². The first kappa shape index (κ1) is 20.5. The first-order valence-corrected chi connectivity index (χ1v) is 8.39. The van der Waals surface area contributed by atoms with E-state index < -0.39 is 0 Å². The third-order valence-electron chi connectivity index (χ3n) is 4.32. The average Bonchev–Trinajstić information content (AvgIpc) is 2.54. The standard InChI is InChI=1S/C18H27N3O2.ClH/c1-13-5-7-15(8-6-13)9-10-17(22)20-12-18(23)21-16-4-3-11-19-14(16)2;/h5-8,14,16,19H,3-4,9-12H2,1-2H3,(H,20,22)(H,21,23);1H. The number of hydrogen-bond donors (Lipinski definition) is 3. The number of benzene rings is 1. The second-order valence-electron chi connectivity index (χ2n) is 6.32. The van der Waals surface area contributed by atoms with Gasteiger partial charge in [0.25, 0.3) is 0 Å². The van der Waals surface area contributed by atoms with E-state index in [9.17, 15) is 9.59 Å². The summed E-state index contributed by atoms with van der Waals surface area (Å²) in [6.45, 7) is 5.17. The van der Waals surface area contributed by atoms with Gasteiger partial charge in [-0.15, -0.1) is 12.4 Å². The first-order chi connectivity index (χ1) is 11.0. The molecule has 0 bridgehead atoms. The Morgan fingerprint density at radius 2 is 1.92 bits per heavy atom. The topological polar surface area (TPSA) is 70.2 Å². The minimum absolute atomic E-state index is 0. The molecule has 1 aliphatic rings. The lowest BCUT2D eigenvalue weighted by Crippen LogP contribution is -2.53. The summed E-state index contributed by atoms with van der Waals surface area (Å²) >= 11 is 0. The van der Waals surface area contributed by atoms with Crippen LogP contribution in [0.4, 0.5) is 0 Å². The lowest BCUT2D eigenvalue weighted by Gasteiger charge is -2.30. The molecule has 134 valence electrons. The zero-order valence-electron chi connectivity index (χ0n) is 14.4. The number of hydrogen-bond acceptors (Lipinski definition) is 3. The molecule has 6 heteroatoms. The quantitative estimate of drug-likeness (QED) is 0.729. The van der Waals surface area contributed by atoms with E-state index in [1.54, 1.807) is 0 Å². The molecule has 1 heterocycles. The van der Waals surface area contributed by atoms with Gasteiger partial charge in [-0.1, -0.05) is 29.8 Å². The Balaban J connectivity index is 0.00000288. The molecule has 5 nitrogen and oxygen atoms in total. The van der Waals surface area contributed by atoms with Gasteiger partial charge in [0, 0.05) is 18.5 Å². The van der Waals surface area contributed by atoms with Crippen LogP contribution in [0.3, 0.4) is 0 Å². The summed E-state index contributed by atoms with van der Waals surface area (Å²) in [6.07, 6.45) is 3.15. The maximum Gasteiger partial charge on any atom is 0.239 e. The zero-order chi connectivity index (χ0) is 16.7. The highest BCUT2D eigenvalue weighted by molar-refractivity contribution is 5.85. The molecular weight excluding hydrogens is 326 g/mol. The molecule has 0 aromatic heterocycles. The maximum atomic E-state index is 11.9. The van der Waals surface area contributed by atoms with E-state index in [1.165, 1.54) is 5.56 Å². The highest BCUT2D eigenvalue weighted by atomic mass is 35.5. The summed E-state index contributed by atoms with van der Waals surface area (Å²) in [7, 11) is 0. The number of halogens is 1. The van der Waals surface area contributed by atoms with E-state index >= 15 is 0 Å². The normalized spacial score (nSPS) is 19.9. The first-order valence-electron chi connectivity index (χ1n) is 8.39. The van der Waals surface area contributed by atoms with Crippen LogP contribution in [0.15, 0.2) is 24.3 Å². The van der Waals surface area contributed by atoms with Crippen LogP contribution < -0.4 is 16.0 Å². The molecule has 2 amide bonds. The zero-order valence-corrected chi connectivity index (χ0v) is 15.2. The fourth-order valence-electron chi connectivity index (χ4n) is 2.78. The third-order valence-corrected chi connectivity index (χ3v) is 4.32. The van der Waals surface area contributed by atoms with Crippen LogP contribution in [-0.2, 0) is 16.0 Å². The molecule has 2 unspecified atom stereocenters. The van der Waals surface area contributed by atoms with Crippen LogP contribution in [0, 0.1) is 6.92 Å². The molecule has 1 aromatic carbocycles. The van der Waals surface area contributed by atoms with Crippen LogP contribution >= 0.6 is 12.4 Å². The number of amides is 2. The lowest BCUT2D eigenvalue weighted by molar-refractivity contribution is -0.126.